The molecule has 0 saturated heterocycles. The lowest BCUT2D eigenvalue weighted by molar-refractivity contribution is 0.537. The van der Waals surface area contributed by atoms with E-state index in [9.17, 15) is 16.8 Å². The Balaban J connectivity index is 2.87. The second-order valence-corrected chi connectivity index (χ2v) is 9.55. The molecule has 120 valence electrons. The molecule has 0 bridgehead atoms. The van der Waals surface area contributed by atoms with Crippen molar-refractivity contribution in [1.29, 1.82) is 0 Å². The lowest BCUT2D eigenvalue weighted by Gasteiger charge is -2.22. The number of aromatic nitrogens is 2. The van der Waals surface area contributed by atoms with Crippen LogP contribution < -0.4 is 10.0 Å². The first kappa shape index (κ1) is 17.8. The fourth-order valence-electron chi connectivity index (χ4n) is 1.19. The summed E-state index contributed by atoms with van der Waals surface area (Å²) in [5, 5.41) is 2.85. The molecule has 1 aromatic rings. The molecule has 1 rings (SSSR count). The molecule has 0 amide bonds. The summed E-state index contributed by atoms with van der Waals surface area (Å²) in [7, 11) is -7.24. The van der Waals surface area contributed by atoms with E-state index in [-0.39, 0.29) is 11.4 Å². The quantitative estimate of drug-likeness (QED) is 0.720. The van der Waals surface area contributed by atoms with Crippen LogP contribution in [0.25, 0.3) is 0 Å². The Morgan fingerprint density at radius 2 is 1.67 bits per heavy atom. The smallest absolute Gasteiger partial charge is 0.243 e. The summed E-state index contributed by atoms with van der Waals surface area (Å²) in [4.78, 5) is 7.62. The molecule has 0 aromatic carbocycles. The Hall–Kier alpha value is -1.26. The minimum absolute atomic E-state index is 0.117. The Kier molecular flexibility index (Phi) is 5.29. The number of anilines is 1. The highest BCUT2D eigenvalue weighted by Gasteiger charge is 2.32. The monoisotopic (exact) mass is 336 g/mol. The highest BCUT2D eigenvalue weighted by molar-refractivity contribution is 7.92. The maximum atomic E-state index is 12.1. The van der Waals surface area contributed by atoms with Gasteiger partial charge in [-0.2, -0.15) is 0 Å². The second-order valence-electron chi connectivity index (χ2n) is 5.13. The summed E-state index contributed by atoms with van der Waals surface area (Å²) >= 11 is 0. The molecule has 21 heavy (non-hydrogen) atoms. The lowest BCUT2D eigenvalue weighted by Crippen LogP contribution is -2.43. The van der Waals surface area contributed by atoms with Crippen molar-refractivity contribution in [3.63, 3.8) is 0 Å². The highest BCUT2D eigenvalue weighted by atomic mass is 32.2. The standard InChI is InChI=1S/C11H20N4O4S2/c1-5-12-10-13-6-9(7-14-10)21(18,19)15-8-11(2,3)20(4,16)17/h6-7,15H,5,8H2,1-4H3,(H,12,13,14). The van der Waals surface area contributed by atoms with Gasteiger partial charge in [0.2, 0.25) is 16.0 Å². The fraction of sp³-hybridized carbons (Fsp3) is 0.636. The maximum Gasteiger partial charge on any atom is 0.243 e. The van der Waals surface area contributed by atoms with Crippen LogP contribution in [0.3, 0.4) is 0 Å². The summed E-state index contributed by atoms with van der Waals surface area (Å²) < 4.78 is 48.3. The molecule has 1 heterocycles. The van der Waals surface area contributed by atoms with Gasteiger partial charge in [0.25, 0.3) is 0 Å². The highest BCUT2D eigenvalue weighted by Crippen LogP contribution is 2.15. The van der Waals surface area contributed by atoms with Crippen LogP contribution in [0.1, 0.15) is 20.8 Å². The van der Waals surface area contributed by atoms with Gasteiger partial charge in [0.05, 0.1) is 17.1 Å². The van der Waals surface area contributed by atoms with Gasteiger partial charge in [0.1, 0.15) is 4.90 Å². The van der Waals surface area contributed by atoms with E-state index in [4.69, 9.17) is 0 Å². The Bertz CT molecular complexity index is 681. The van der Waals surface area contributed by atoms with Gasteiger partial charge < -0.3 is 5.32 Å². The minimum atomic E-state index is -3.85. The van der Waals surface area contributed by atoms with Crippen LogP contribution in [0, 0.1) is 0 Å². The number of hydrogen-bond donors (Lipinski definition) is 2. The number of hydrogen-bond acceptors (Lipinski definition) is 7. The summed E-state index contributed by atoms with van der Waals surface area (Å²) in [6.07, 6.45) is 3.40. The number of nitrogens with one attached hydrogen (secondary N) is 2. The number of nitrogens with zero attached hydrogens (tertiary/aromatic N) is 2. The third-order valence-electron chi connectivity index (χ3n) is 2.97. The van der Waals surface area contributed by atoms with E-state index < -0.39 is 24.6 Å². The van der Waals surface area contributed by atoms with E-state index in [1.165, 1.54) is 26.2 Å². The largest absolute Gasteiger partial charge is 0.355 e. The summed E-state index contributed by atoms with van der Waals surface area (Å²) in [5.74, 6) is 0.327. The van der Waals surface area contributed by atoms with E-state index in [1.54, 1.807) is 0 Å². The van der Waals surface area contributed by atoms with E-state index in [0.29, 0.717) is 12.5 Å². The zero-order chi connectivity index (χ0) is 16.3. The van der Waals surface area contributed by atoms with E-state index in [1.807, 2.05) is 6.92 Å². The van der Waals surface area contributed by atoms with E-state index >= 15 is 0 Å². The molecule has 8 nitrogen and oxygen atoms in total. The van der Waals surface area contributed by atoms with Gasteiger partial charge in [-0.3, -0.25) is 0 Å². The first-order valence-corrected chi connectivity index (χ1v) is 9.62. The first-order valence-electron chi connectivity index (χ1n) is 6.25. The molecule has 0 fully saturated rings. The molecule has 0 saturated carbocycles. The molecule has 0 atom stereocenters. The van der Waals surface area contributed by atoms with Gasteiger partial charge in [-0.25, -0.2) is 31.5 Å². The molecular formula is C11H20N4O4S2. The van der Waals surface area contributed by atoms with Crippen LogP contribution >= 0.6 is 0 Å². The van der Waals surface area contributed by atoms with Crippen LogP contribution in [0.2, 0.25) is 0 Å². The lowest BCUT2D eigenvalue weighted by atomic mass is 10.2. The van der Waals surface area contributed by atoms with Crippen LogP contribution in [-0.2, 0) is 19.9 Å². The third kappa shape index (κ3) is 4.61. The minimum Gasteiger partial charge on any atom is -0.355 e. The number of sulfone groups is 1. The summed E-state index contributed by atoms with van der Waals surface area (Å²) in [6.45, 7) is 5.16. The molecule has 0 unspecified atom stereocenters. The molecule has 0 aliphatic carbocycles. The third-order valence-corrected chi connectivity index (χ3v) is 6.47. The van der Waals surface area contributed by atoms with Crippen LogP contribution in [0.5, 0.6) is 0 Å². The van der Waals surface area contributed by atoms with E-state index in [2.05, 4.69) is 20.0 Å². The van der Waals surface area contributed by atoms with E-state index in [0.717, 1.165) is 6.26 Å². The Morgan fingerprint density at radius 1 is 1.14 bits per heavy atom. The van der Waals surface area contributed by atoms with Gasteiger partial charge in [-0.1, -0.05) is 0 Å². The van der Waals surface area contributed by atoms with Crippen molar-refractivity contribution >= 4 is 25.8 Å². The molecular weight excluding hydrogens is 316 g/mol. The van der Waals surface area contributed by atoms with Crippen LogP contribution in [-0.4, -0.2) is 50.9 Å². The van der Waals surface area contributed by atoms with Crippen LogP contribution in [0.4, 0.5) is 5.95 Å². The van der Waals surface area contributed by atoms with Crippen LogP contribution in [0.15, 0.2) is 17.3 Å². The second kappa shape index (κ2) is 6.24. The average Bonchev–Trinajstić information content (AvgIpc) is 2.36. The molecule has 0 radical (unpaired) electrons. The Labute approximate surface area is 125 Å². The van der Waals surface area contributed by atoms with Crippen molar-refractivity contribution < 1.29 is 16.8 Å². The topological polar surface area (TPSA) is 118 Å². The normalized spacial score (nSPS) is 13.1. The number of rotatable bonds is 7. The van der Waals surface area contributed by atoms with Gasteiger partial charge >= 0.3 is 0 Å². The van der Waals surface area contributed by atoms with Crippen molar-refractivity contribution in [3.8, 4) is 0 Å². The molecule has 0 aliphatic heterocycles. The predicted octanol–water partition coefficient (Wildman–Crippen LogP) is 0.00990. The molecule has 2 N–H and O–H groups in total. The van der Waals surface area contributed by atoms with Gasteiger partial charge in [0.15, 0.2) is 9.84 Å². The van der Waals surface area contributed by atoms with Gasteiger partial charge in [0, 0.05) is 19.3 Å². The van der Waals surface area contributed by atoms with Crippen molar-refractivity contribution in [2.45, 2.75) is 30.4 Å². The van der Waals surface area contributed by atoms with Gasteiger partial charge in [-0.05, 0) is 20.8 Å². The fourth-order valence-corrected chi connectivity index (χ4v) is 2.71. The SMILES string of the molecule is CCNc1ncc(S(=O)(=O)NCC(C)(C)S(C)(=O)=O)cn1. The maximum absolute atomic E-state index is 12.1. The van der Waals surface area contributed by atoms with Crippen molar-refractivity contribution in [2.24, 2.45) is 0 Å². The van der Waals surface area contributed by atoms with Gasteiger partial charge in [-0.15, -0.1) is 0 Å². The zero-order valence-electron chi connectivity index (χ0n) is 12.4. The van der Waals surface area contributed by atoms with Crippen molar-refractivity contribution in [1.82, 2.24) is 14.7 Å². The Morgan fingerprint density at radius 3 is 2.10 bits per heavy atom. The summed E-state index contributed by atoms with van der Waals surface area (Å²) in [5.41, 5.74) is 0. The predicted molar refractivity (Wildman–Crippen MR) is 80.3 cm³/mol. The number of sulfonamides is 1. The zero-order valence-corrected chi connectivity index (χ0v) is 14.0. The molecule has 0 spiro atoms. The molecule has 0 aliphatic rings. The first-order chi connectivity index (χ1) is 9.49. The molecule has 1 aromatic heterocycles. The summed E-state index contributed by atoms with van der Waals surface area (Å²) in [6, 6.07) is 0. The van der Waals surface area contributed by atoms with Crippen molar-refractivity contribution in [2.75, 3.05) is 24.7 Å². The molecule has 10 heteroatoms. The average molecular weight is 336 g/mol. The van der Waals surface area contributed by atoms with Crippen molar-refractivity contribution in [3.05, 3.63) is 12.4 Å².